The van der Waals surface area contributed by atoms with E-state index in [0.717, 1.165) is 5.56 Å². The maximum Gasteiger partial charge on any atom is 0.494 e. The lowest BCUT2D eigenvalue weighted by Gasteiger charge is -2.15. The number of rotatable bonds is 2. The van der Waals surface area contributed by atoms with E-state index in [1.54, 1.807) is 30.3 Å². The Hall–Kier alpha value is -2.29. The van der Waals surface area contributed by atoms with Gasteiger partial charge in [-0.05, 0) is 17.6 Å². The molecule has 1 heterocycles. The summed E-state index contributed by atoms with van der Waals surface area (Å²) in [6, 6.07) is 16.3. The third-order valence-electron chi connectivity index (χ3n) is 3.01. The molecule has 5 heteroatoms. The zero-order valence-electron chi connectivity index (χ0n) is 9.98. The fraction of sp³-hybridized carbons (Fsp3) is 0.0714. The van der Waals surface area contributed by atoms with Crippen LogP contribution in [0.2, 0.25) is 0 Å². The molecule has 4 nitrogen and oxygen atoms in total. The van der Waals surface area contributed by atoms with Crippen LogP contribution in [0.4, 0.5) is 0 Å². The molecule has 0 aromatic heterocycles. The van der Waals surface area contributed by atoms with Gasteiger partial charge in [0, 0.05) is 5.56 Å². The van der Waals surface area contributed by atoms with E-state index in [0.29, 0.717) is 16.8 Å². The van der Waals surface area contributed by atoms with Gasteiger partial charge in [-0.1, -0.05) is 36.4 Å². The molecule has 0 saturated carbocycles. The molecule has 2 aromatic carbocycles. The monoisotopic (exact) mass is 251 g/mol. The summed E-state index contributed by atoms with van der Waals surface area (Å²) < 4.78 is 11.0. The fourth-order valence-electron chi connectivity index (χ4n) is 2.08. The molecule has 1 aliphatic heterocycles. The van der Waals surface area contributed by atoms with Crippen molar-refractivity contribution in [1.82, 2.24) is 0 Å². The summed E-state index contributed by atoms with van der Waals surface area (Å²) in [4.78, 5) is 0. The van der Waals surface area contributed by atoms with E-state index in [9.17, 15) is 5.02 Å². The van der Waals surface area contributed by atoms with Gasteiger partial charge in [0.05, 0.1) is 5.56 Å². The quantitative estimate of drug-likeness (QED) is 0.818. The molecule has 0 aliphatic carbocycles. The predicted octanol–water partition coefficient (Wildman–Crippen LogP) is 1.35. The normalized spacial score (nSPS) is 16.8. The highest BCUT2D eigenvalue weighted by atomic mass is 16.7. The Kier molecular flexibility index (Phi) is 2.96. The minimum absolute atomic E-state index is 0.435. The van der Waals surface area contributed by atoms with Crippen LogP contribution in [-0.4, -0.2) is 12.1 Å². The number of benzene rings is 2. The highest BCUT2D eigenvalue weighted by molar-refractivity contribution is 6.61. The predicted molar refractivity (Wildman–Crippen MR) is 69.7 cm³/mol. The molecule has 0 fully saturated rings. The van der Waals surface area contributed by atoms with Crippen molar-refractivity contribution < 1.29 is 14.4 Å². The van der Waals surface area contributed by atoms with E-state index in [2.05, 4.69) is 6.07 Å². The Labute approximate surface area is 111 Å². The van der Waals surface area contributed by atoms with Gasteiger partial charge >= 0.3 is 7.12 Å². The second-order valence-corrected chi connectivity index (χ2v) is 4.18. The second kappa shape index (κ2) is 4.77. The van der Waals surface area contributed by atoms with Crippen LogP contribution in [0.15, 0.2) is 48.5 Å². The Bertz CT molecular complexity index is 653. The standard InChI is InChI=1S/C14H10BNO3/c16-9-10-5-1-4-8-13(10)18-14-11-6-2-3-7-12(11)15(17)19-14/h1-8,14,17H. The molecule has 0 radical (unpaired) electrons. The maximum absolute atomic E-state index is 9.79. The first-order chi connectivity index (χ1) is 9.29. The lowest BCUT2D eigenvalue weighted by atomic mass is 9.80. The number of ether oxygens (including phenoxy) is 1. The van der Waals surface area contributed by atoms with Gasteiger partial charge in [-0.15, -0.1) is 0 Å². The average molecular weight is 251 g/mol. The van der Waals surface area contributed by atoms with E-state index < -0.39 is 13.4 Å². The summed E-state index contributed by atoms with van der Waals surface area (Å²) in [6.07, 6.45) is -0.694. The zero-order valence-corrected chi connectivity index (χ0v) is 9.98. The number of nitrogens with zero attached hydrogens (tertiary/aromatic N) is 1. The summed E-state index contributed by atoms with van der Waals surface area (Å²) in [5, 5.41) is 18.8. The van der Waals surface area contributed by atoms with Gasteiger partial charge in [-0.25, -0.2) is 0 Å². The average Bonchev–Trinajstić information content (AvgIpc) is 2.77. The van der Waals surface area contributed by atoms with E-state index in [1.807, 2.05) is 18.2 Å². The molecule has 3 rings (SSSR count). The lowest BCUT2D eigenvalue weighted by Crippen LogP contribution is -2.27. The topological polar surface area (TPSA) is 62.5 Å². The fourth-order valence-corrected chi connectivity index (χ4v) is 2.08. The maximum atomic E-state index is 9.79. The molecule has 1 N–H and O–H groups in total. The molecule has 0 spiro atoms. The summed E-state index contributed by atoms with van der Waals surface area (Å²) in [5.74, 6) is 0.443. The van der Waals surface area contributed by atoms with Gasteiger partial charge in [0.1, 0.15) is 11.8 Å². The highest BCUT2D eigenvalue weighted by Gasteiger charge is 2.36. The molecule has 1 aliphatic rings. The van der Waals surface area contributed by atoms with Crippen LogP contribution in [-0.2, 0) is 4.65 Å². The smallest absolute Gasteiger partial charge is 0.461 e. The molecule has 0 bridgehead atoms. The van der Waals surface area contributed by atoms with Crippen LogP contribution in [0.1, 0.15) is 17.4 Å². The zero-order chi connectivity index (χ0) is 13.2. The Morgan fingerprint density at radius 2 is 1.89 bits per heavy atom. The number of nitriles is 1. The number of para-hydroxylation sites is 1. The summed E-state index contributed by atoms with van der Waals surface area (Å²) >= 11 is 0. The first kappa shape index (κ1) is 11.8. The molecule has 92 valence electrons. The van der Waals surface area contributed by atoms with Gasteiger partial charge in [-0.2, -0.15) is 5.26 Å². The van der Waals surface area contributed by atoms with Gasteiger partial charge in [-0.3, -0.25) is 0 Å². The van der Waals surface area contributed by atoms with Crippen molar-refractivity contribution >= 4 is 12.6 Å². The third kappa shape index (κ3) is 2.08. The summed E-state index contributed by atoms with van der Waals surface area (Å²) in [7, 11) is -0.990. The third-order valence-corrected chi connectivity index (χ3v) is 3.01. The summed E-state index contributed by atoms with van der Waals surface area (Å²) in [5.41, 5.74) is 1.91. The van der Waals surface area contributed by atoms with Gasteiger partial charge in [0.25, 0.3) is 0 Å². The Balaban J connectivity index is 1.92. The number of hydrogen-bond donors (Lipinski definition) is 1. The molecule has 1 atom stereocenters. The van der Waals surface area contributed by atoms with Crippen LogP contribution >= 0.6 is 0 Å². The van der Waals surface area contributed by atoms with Crippen LogP contribution in [0.25, 0.3) is 0 Å². The minimum Gasteiger partial charge on any atom is -0.461 e. The Morgan fingerprint density at radius 3 is 2.74 bits per heavy atom. The van der Waals surface area contributed by atoms with E-state index in [1.165, 1.54) is 0 Å². The van der Waals surface area contributed by atoms with Crippen molar-refractivity contribution in [3.8, 4) is 11.8 Å². The second-order valence-electron chi connectivity index (χ2n) is 4.18. The molecule has 0 saturated heterocycles. The molecular formula is C14H10BNO3. The molecular weight excluding hydrogens is 241 g/mol. The van der Waals surface area contributed by atoms with Crippen molar-refractivity contribution in [3.05, 3.63) is 59.7 Å². The van der Waals surface area contributed by atoms with Gasteiger partial charge in [0.2, 0.25) is 6.29 Å². The lowest BCUT2D eigenvalue weighted by molar-refractivity contribution is 0.000668. The molecule has 2 aromatic rings. The first-order valence-electron chi connectivity index (χ1n) is 5.88. The van der Waals surface area contributed by atoms with E-state index >= 15 is 0 Å². The van der Waals surface area contributed by atoms with Crippen molar-refractivity contribution in [3.63, 3.8) is 0 Å². The number of hydrogen-bond acceptors (Lipinski definition) is 4. The van der Waals surface area contributed by atoms with Crippen LogP contribution in [0.3, 0.4) is 0 Å². The van der Waals surface area contributed by atoms with Crippen molar-refractivity contribution in [2.45, 2.75) is 6.29 Å². The van der Waals surface area contributed by atoms with Crippen molar-refractivity contribution in [1.29, 1.82) is 5.26 Å². The first-order valence-corrected chi connectivity index (χ1v) is 5.88. The molecule has 19 heavy (non-hydrogen) atoms. The molecule has 1 unspecified atom stereocenters. The van der Waals surface area contributed by atoms with Crippen molar-refractivity contribution in [2.24, 2.45) is 0 Å². The van der Waals surface area contributed by atoms with Crippen molar-refractivity contribution in [2.75, 3.05) is 0 Å². The van der Waals surface area contributed by atoms with Crippen LogP contribution < -0.4 is 10.2 Å². The van der Waals surface area contributed by atoms with E-state index in [-0.39, 0.29) is 0 Å². The SMILES string of the molecule is N#Cc1ccccc1OC1OB(O)c2ccccc21. The summed E-state index contributed by atoms with van der Waals surface area (Å²) in [6.45, 7) is 0. The van der Waals surface area contributed by atoms with Gasteiger partial charge in [0.15, 0.2) is 0 Å². The van der Waals surface area contributed by atoms with Crippen LogP contribution in [0, 0.1) is 11.3 Å². The van der Waals surface area contributed by atoms with Gasteiger partial charge < -0.3 is 14.4 Å². The number of fused-ring (bicyclic) bond motifs is 1. The molecule has 0 amide bonds. The highest BCUT2D eigenvalue weighted by Crippen LogP contribution is 2.28. The Morgan fingerprint density at radius 1 is 1.16 bits per heavy atom. The largest absolute Gasteiger partial charge is 0.494 e. The minimum atomic E-state index is -0.990. The van der Waals surface area contributed by atoms with Crippen LogP contribution in [0.5, 0.6) is 5.75 Å². The van der Waals surface area contributed by atoms with E-state index in [4.69, 9.17) is 14.7 Å².